The molecule has 2 aliphatic carbocycles. The van der Waals surface area contributed by atoms with Gasteiger partial charge >= 0.3 is 0 Å². The van der Waals surface area contributed by atoms with E-state index in [0.717, 1.165) is 22.8 Å². The normalized spacial score (nSPS) is 13.6. The van der Waals surface area contributed by atoms with Gasteiger partial charge in [0.2, 0.25) is 0 Å². The molecule has 12 rings (SSSR count). The molecule has 0 bridgehead atoms. The van der Waals surface area contributed by atoms with Crippen molar-refractivity contribution in [1.82, 2.24) is 19.1 Å². The average Bonchev–Trinajstić information content (AvgIpc) is 3.90. The number of rotatable bonds is 2. The van der Waals surface area contributed by atoms with Crippen LogP contribution in [0.2, 0.25) is 0 Å². The topological polar surface area (TPSA) is 35.6 Å². The third-order valence-corrected chi connectivity index (χ3v) is 11.4. The molecule has 2 aliphatic rings. The highest BCUT2D eigenvalue weighted by Gasteiger charge is 2.53. The van der Waals surface area contributed by atoms with Crippen molar-refractivity contribution in [1.29, 1.82) is 0 Å². The summed E-state index contributed by atoms with van der Waals surface area (Å²) in [5, 5.41) is 5.03. The molecule has 4 heterocycles. The van der Waals surface area contributed by atoms with E-state index in [1.807, 2.05) is 12.4 Å². The molecule has 0 aliphatic heterocycles. The zero-order valence-electron chi connectivity index (χ0n) is 27.5. The van der Waals surface area contributed by atoms with Crippen LogP contribution in [0.5, 0.6) is 0 Å². The van der Waals surface area contributed by atoms with Crippen molar-refractivity contribution in [3.05, 3.63) is 192 Å². The van der Waals surface area contributed by atoms with Gasteiger partial charge in [0.15, 0.2) is 0 Å². The molecule has 0 unspecified atom stereocenters. The van der Waals surface area contributed by atoms with E-state index in [0.29, 0.717) is 0 Å². The summed E-state index contributed by atoms with van der Waals surface area (Å²) in [7, 11) is 0. The summed E-state index contributed by atoms with van der Waals surface area (Å²) in [5.74, 6) is 0. The molecule has 0 saturated carbocycles. The van der Waals surface area contributed by atoms with Crippen LogP contribution in [0.3, 0.4) is 0 Å². The summed E-state index contributed by atoms with van der Waals surface area (Å²) in [5.41, 5.74) is 15.8. The summed E-state index contributed by atoms with van der Waals surface area (Å²) in [6.45, 7) is 0. The van der Waals surface area contributed by atoms with E-state index < -0.39 is 5.41 Å². The van der Waals surface area contributed by atoms with E-state index in [4.69, 9.17) is 9.97 Å². The number of benzene rings is 6. The van der Waals surface area contributed by atoms with Crippen LogP contribution in [0.15, 0.2) is 170 Å². The Hall–Kier alpha value is -6.78. The van der Waals surface area contributed by atoms with Crippen LogP contribution in [0.1, 0.15) is 22.3 Å². The van der Waals surface area contributed by atoms with E-state index in [1.54, 1.807) is 0 Å². The van der Waals surface area contributed by atoms with Crippen molar-refractivity contribution in [3.63, 3.8) is 0 Å². The smallest absolute Gasteiger partial charge is 0.0937 e. The maximum atomic E-state index is 5.00. The first kappa shape index (κ1) is 27.1. The highest BCUT2D eigenvalue weighted by atomic mass is 15.0. The highest BCUT2D eigenvalue weighted by Crippen LogP contribution is 2.62. The molecule has 0 amide bonds. The summed E-state index contributed by atoms with van der Waals surface area (Å²) in [6.07, 6.45) is 3.80. The Bertz CT molecular complexity index is 2790. The van der Waals surface area contributed by atoms with Gasteiger partial charge in [0, 0.05) is 45.3 Å². The van der Waals surface area contributed by atoms with Gasteiger partial charge in [-0.3, -0.25) is 9.97 Å². The number of para-hydroxylation sites is 4. The molecule has 4 aromatic heterocycles. The molecule has 0 atom stereocenters. The standard InChI is InChI=1S/C47H28N4/c1-5-17-41-33(11-1)34-12-2-6-18-42(34)50(41)29-21-23-31-32-24-22-30(51-43-19-7-3-13-35(43)36-14-4-8-20-44(36)51)28-40(32)47(39(31)27-29)37-15-9-25-48-45(37)46-38(47)16-10-26-49-46/h1-28H. The summed E-state index contributed by atoms with van der Waals surface area (Å²) >= 11 is 0. The molecule has 0 N–H and O–H groups in total. The predicted molar refractivity (Wildman–Crippen MR) is 207 cm³/mol. The number of pyridine rings is 2. The first-order valence-electron chi connectivity index (χ1n) is 17.5. The van der Waals surface area contributed by atoms with Crippen molar-refractivity contribution in [2.24, 2.45) is 0 Å². The third kappa shape index (κ3) is 3.30. The van der Waals surface area contributed by atoms with E-state index in [1.165, 1.54) is 77.0 Å². The van der Waals surface area contributed by atoms with Gasteiger partial charge in [-0.1, -0.05) is 97.1 Å². The van der Waals surface area contributed by atoms with Crippen molar-refractivity contribution < 1.29 is 0 Å². The Labute approximate surface area is 293 Å². The minimum Gasteiger partial charge on any atom is -0.309 e. The molecule has 1 spiro atoms. The van der Waals surface area contributed by atoms with Crippen molar-refractivity contribution in [3.8, 4) is 33.9 Å². The minimum atomic E-state index is -0.596. The van der Waals surface area contributed by atoms with Gasteiger partial charge in [0.05, 0.1) is 38.9 Å². The SMILES string of the molecule is c1cnc2c(c1)C1(c3cc(-n4c5ccccc5c5ccccc54)ccc3-c3ccc(-n4c5ccccc5c5ccccc54)cc31)c1cccnc1-2. The first-order chi connectivity index (χ1) is 25.3. The summed E-state index contributed by atoms with van der Waals surface area (Å²) in [6, 6.07) is 57.8. The van der Waals surface area contributed by atoms with Crippen molar-refractivity contribution >= 4 is 43.6 Å². The molecule has 6 aromatic carbocycles. The van der Waals surface area contributed by atoms with E-state index >= 15 is 0 Å². The van der Waals surface area contributed by atoms with Crippen molar-refractivity contribution in [2.45, 2.75) is 5.41 Å². The van der Waals surface area contributed by atoms with E-state index in [9.17, 15) is 0 Å². The van der Waals surface area contributed by atoms with Crippen LogP contribution in [0, 0.1) is 0 Å². The van der Waals surface area contributed by atoms with Gasteiger partial charge in [-0.2, -0.15) is 0 Å². The van der Waals surface area contributed by atoms with Crippen LogP contribution in [-0.4, -0.2) is 19.1 Å². The fraction of sp³-hybridized carbons (Fsp3) is 0.0213. The molecule has 0 fully saturated rings. The fourth-order valence-corrected chi connectivity index (χ4v) is 9.50. The second-order valence-electron chi connectivity index (χ2n) is 13.7. The van der Waals surface area contributed by atoms with Crippen LogP contribution < -0.4 is 0 Å². The summed E-state index contributed by atoms with van der Waals surface area (Å²) in [4.78, 5) is 10.0. The second-order valence-corrected chi connectivity index (χ2v) is 13.7. The highest BCUT2D eigenvalue weighted by molar-refractivity contribution is 6.10. The minimum absolute atomic E-state index is 0.596. The lowest BCUT2D eigenvalue weighted by Crippen LogP contribution is -2.26. The van der Waals surface area contributed by atoms with Gasteiger partial charge in [-0.25, -0.2) is 0 Å². The van der Waals surface area contributed by atoms with E-state index in [2.05, 4.69) is 167 Å². The fourth-order valence-electron chi connectivity index (χ4n) is 9.50. The molecule has 51 heavy (non-hydrogen) atoms. The predicted octanol–water partition coefficient (Wildman–Crippen LogP) is 11.0. The van der Waals surface area contributed by atoms with Gasteiger partial charge < -0.3 is 9.13 Å². The van der Waals surface area contributed by atoms with Gasteiger partial charge in [0.25, 0.3) is 0 Å². The van der Waals surface area contributed by atoms with Gasteiger partial charge in [-0.15, -0.1) is 0 Å². The molecular formula is C47H28N4. The number of hydrogen-bond donors (Lipinski definition) is 0. The lowest BCUT2D eigenvalue weighted by Gasteiger charge is -2.30. The molecular weight excluding hydrogens is 621 g/mol. The lowest BCUT2D eigenvalue weighted by molar-refractivity contribution is 0.787. The Balaban J connectivity index is 1.20. The Morgan fingerprint density at radius 1 is 0.353 bits per heavy atom. The number of nitrogens with zero attached hydrogens (tertiary/aromatic N) is 4. The Morgan fingerprint density at radius 2 is 0.725 bits per heavy atom. The zero-order chi connectivity index (χ0) is 33.3. The van der Waals surface area contributed by atoms with Crippen LogP contribution in [-0.2, 0) is 5.41 Å². The number of aromatic nitrogens is 4. The first-order valence-corrected chi connectivity index (χ1v) is 17.5. The summed E-state index contributed by atoms with van der Waals surface area (Å²) < 4.78 is 4.85. The van der Waals surface area contributed by atoms with Gasteiger partial charge in [-0.05, 0) is 94.0 Å². The van der Waals surface area contributed by atoms with Crippen LogP contribution >= 0.6 is 0 Å². The monoisotopic (exact) mass is 648 g/mol. The zero-order valence-corrected chi connectivity index (χ0v) is 27.5. The molecule has 4 nitrogen and oxygen atoms in total. The molecule has 4 heteroatoms. The maximum Gasteiger partial charge on any atom is 0.0937 e. The Kier molecular flexibility index (Phi) is 5.14. The van der Waals surface area contributed by atoms with Crippen molar-refractivity contribution in [2.75, 3.05) is 0 Å². The molecule has 236 valence electrons. The Morgan fingerprint density at radius 3 is 1.12 bits per heavy atom. The van der Waals surface area contributed by atoms with Crippen LogP contribution in [0.25, 0.3) is 77.5 Å². The average molecular weight is 649 g/mol. The lowest BCUT2D eigenvalue weighted by atomic mass is 9.71. The third-order valence-electron chi connectivity index (χ3n) is 11.4. The van der Waals surface area contributed by atoms with E-state index in [-0.39, 0.29) is 0 Å². The second kappa shape index (κ2) is 9.68. The quantitative estimate of drug-likeness (QED) is 0.187. The largest absolute Gasteiger partial charge is 0.309 e. The molecule has 0 saturated heterocycles. The molecule has 0 radical (unpaired) electrons. The van der Waals surface area contributed by atoms with Crippen LogP contribution in [0.4, 0.5) is 0 Å². The van der Waals surface area contributed by atoms with Gasteiger partial charge in [0.1, 0.15) is 0 Å². The maximum absolute atomic E-state index is 5.00. The number of hydrogen-bond acceptors (Lipinski definition) is 2. The number of fused-ring (bicyclic) bond motifs is 16. The molecule has 10 aromatic rings.